The number of fused-ring (bicyclic) bond motifs is 1. The van der Waals surface area contributed by atoms with Crippen LogP contribution < -0.4 is 10.1 Å². The minimum absolute atomic E-state index is 0.244. The highest BCUT2D eigenvalue weighted by Crippen LogP contribution is 2.49. The largest absolute Gasteiger partial charge is 0.496 e. The smallest absolute Gasteiger partial charge is 0.260 e. The van der Waals surface area contributed by atoms with Crippen LogP contribution in [0.4, 0.5) is 14.6 Å². The van der Waals surface area contributed by atoms with E-state index in [1.807, 2.05) is 24.3 Å². The van der Waals surface area contributed by atoms with E-state index in [0.29, 0.717) is 5.65 Å². The Kier molecular flexibility index (Phi) is 3.45. The van der Waals surface area contributed by atoms with Gasteiger partial charge < -0.3 is 15.0 Å². The molecule has 0 saturated heterocycles. The summed E-state index contributed by atoms with van der Waals surface area (Å²) in [5.41, 5.74) is 2.38. The van der Waals surface area contributed by atoms with Gasteiger partial charge in [-0.25, -0.2) is 13.8 Å². The molecule has 2 N–H and O–H groups in total. The van der Waals surface area contributed by atoms with Gasteiger partial charge >= 0.3 is 0 Å². The predicted octanol–water partition coefficient (Wildman–Crippen LogP) is 3.83. The van der Waals surface area contributed by atoms with Crippen LogP contribution in [0.25, 0.3) is 22.2 Å². The van der Waals surface area contributed by atoms with E-state index in [1.165, 1.54) is 0 Å². The first kappa shape index (κ1) is 15.6. The number of hydrogen-bond acceptors (Lipinski definition) is 3. The fraction of sp³-hybridized carbons (Fsp3) is 0.222. The summed E-state index contributed by atoms with van der Waals surface area (Å²) < 4.78 is 31.3. The maximum Gasteiger partial charge on any atom is 0.260 e. The number of ether oxygens (including phenoxy) is 1. The Hall–Kier alpha value is -2.96. The Morgan fingerprint density at radius 3 is 2.76 bits per heavy atom. The van der Waals surface area contributed by atoms with Crippen LogP contribution in [0.1, 0.15) is 6.42 Å². The molecule has 1 amide bonds. The highest BCUT2D eigenvalue weighted by molar-refractivity contribution is 5.98. The van der Waals surface area contributed by atoms with Gasteiger partial charge in [-0.1, -0.05) is 18.2 Å². The second kappa shape index (κ2) is 5.54. The molecule has 3 aromatic rings. The molecule has 0 bridgehead atoms. The van der Waals surface area contributed by atoms with E-state index in [0.717, 1.165) is 22.3 Å². The molecule has 0 spiro atoms. The molecular formula is C18H15F2N3O2. The third-order valence-corrected chi connectivity index (χ3v) is 4.33. The zero-order valence-electron chi connectivity index (χ0n) is 13.3. The first-order valence-electron chi connectivity index (χ1n) is 7.80. The van der Waals surface area contributed by atoms with Gasteiger partial charge in [0.25, 0.3) is 5.92 Å². The summed E-state index contributed by atoms with van der Waals surface area (Å²) in [7, 11) is 1.60. The van der Waals surface area contributed by atoms with E-state index in [2.05, 4.69) is 15.3 Å². The molecule has 2 heterocycles. The molecule has 128 valence electrons. The highest BCUT2D eigenvalue weighted by Gasteiger charge is 2.61. The topological polar surface area (TPSA) is 67.0 Å². The van der Waals surface area contributed by atoms with Crippen LogP contribution in [0.3, 0.4) is 0 Å². The van der Waals surface area contributed by atoms with Crippen molar-refractivity contribution in [2.45, 2.75) is 12.3 Å². The van der Waals surface area contributed by atoms with E-state index >= 15 is 0 Å². The number of anilines is 1. The molecule has 25 heavy (non-hydrogen) atoms. The molecule has 1 atom stereocenters. The van der Waals surface area contributed by atoms with E-state index in [9.17, 15) is 13.6 Å². The highest BCUT2D eigenvalue weighted by atomic mass is 19.3. The van der Waals surface area contributed by atoms with Crippen LogP contribution in [-0.4, -0.2) is 28.9 Å². The summed E-state index contributed by atoms with van der Waals surface area (Å²) in [6, 6.07) is 11.0. The van der Waals surface area contributed by atoms with Crippen molar-refractivity contribution in [3.05, 3.63) is 42.6 Å². The van der Waals surface area contributed by atoms with Gasteiger partial charge in [0.05, 0.1) is 7.11 Å². The lowest BCUT2D eigenvalue weighted by Crippen LogP contribution is -2.18. The van der Waals surface area contributed by atoms with Gasteiger partial charge in [-0.15, -0.1) is 0 Å². The summed E-state index contributed by atoms with van der Waals surface area (Å²) in [4.78, 5) is 19.1. The molecule has 4 rings (SSSR count). The molecule has 1 aromatic carbocycles. The van der Waals surface area contributed by atoms with Crippen molar-refractivity contribution in [2.24, 2.45) is 5.92 Å². The molecule has 5 nitrogen and oxygen atoms in total. The Balaban J connectivity index is 1.64. The zero-order valence-corrected chi connectivity index (χ0v) is 13.3. The van der Waals surface area contributed by atoms with Crippen molar-refractivity contribution >= 4 is 22.8 Å². The number of nitrogens with zero attached hydrogens (tertiary/aromatic N) is 1. The average molecular weight is 343 g/mol. The van der Waals surface area contributed by atoms with E-state index in [1.54, 1.807) is 25.4 Å². The van der Waals surface area contributed by atoms with Crippen molar-refractivity contribution < 1.29 is 18.3 Å². The Morgan fingerprint density at radius 1 is 1.28 bits per heavy atom. The van der Waals surface area contributed by atoms with Crippen molar-refractivity contribution in [1.82, 2.24) is 9.97 Å². The van der Waals surface area contributed by atoms with E-state index in [4.69, 9.17) is 4.74 Å². The van der Waals surface area contributed by atoms with Gasteiger partial charge in [0.15, 0.2) is 0 Å². The van der Waals surface area contributed by atoms with Gasteiger partial charge in [0.2, 0.25) is 5.91 Å². The Morgan fingerprint density at radius 2 is 2.04 bits per heavy atom. The maximum absolute atomic E-state index is 13.0. The van der Waals surface area contributed by atoms with Gasteiger partial charge in [0, 0.05) is 29.1 Å². The SMILES string of the molecule is COc1ccccc1-c1c[nH]c2nc(NC(=O)C3CC3(F)F)ccc12. The van der Waals surface area contributed by atoms with Gasteiger partial charge in [-0.05, 0) is 18.2 Å². The van der Waals surface area contributed by atoms with Crippen molar-refractivity contribution in [3.8, 4) is 16.9 Å². The lowest BCUT2D eigenvalue weighted by atomic mass is 10.0. The predicted molar refractivity (Wildman–Crippen MR) is 89.8 cm³/mol. The molecule has 1 fully saturated rings. The van der Waals surface area contributed by atoms with E-state index < -0.39 is 24.2 Å². The molecule has 1 saturated carbocycles. The van der Waals surface area contributed by atoms with Crippen LogP contribution in [0.15, 0.2) is 42.6 Å². The first-order chi connectivity index (χ1) is 12.0. The van der Waals surface area contributed by atoms with Crippen LogP contribution in [0.2, 0.25) is 0 Å². The number of para-hydroxylation sites is 1. The van der Waals surface area contributed by atoms with Crippen LogP contribution >= 0.6 is 0 Å². The van der Waals surface area contributed by atoms with Crippen LogP contribution in [-0.2, 0) is 4.79 Å². The Labute approximate surface area is 142 Å². The summed E-state index contributed by atoms with van der Waals surface area (Å²) in [6.45, 7) is 0. The zero-order chi connectivity index (χ0) is 17.6. The van der Waals surface area contributed by atoms with Gasteiger partial charge in [-0.2, -0.15) is 0 Å². The number of nitrogens with one attached hydrogen (secondary N) is 2. The monoisotopic (exact) mass is 343 g/mol. The van der Waals surface area contributed by atoms with E-state index in [-0.39, 0.29) is 5.82 Å². The quantitative estimate of drug-likeness (QED) is 0.756. The third kappa shape index (κ3) is 2.71. The van der Waals surface area contributed by atoms with Crippen molar-refractivity contribution in [2.75, 3.05) is 12.4 Å². The number of methoxy groups -OCH3 is 1. The van der Waals surface area contributed by atoms with Gasteiger partial charge in [-0.3, -0.25) is 4.79 Å². The second-order valence-corrected chi connectivity index (χ2v) is 6.00. The molecule has 0 radical (unpaired) electrons. The number of benzene rings is 1. The standard InChI is InChI=1S/C18H15F2N3O2/c1-25-14-5-3-2-4-10(14)12-9-21-16-11(12)6-7-15(22-16)23-17(24)13-8-18(13,19)20/h2-7,9,13H,8H2,1H3,(H2,21,22,23,24). The third-order valence-electron chi connectivity index (χ3n) is 4.33. The number of alkyl halides is 2. The summed E-state index contributed by atoms with van der Waals surface area (Å²) in [6.07, 6.45) is 1.40. The number of H-pyrrole nitrogens is 1. The molecule has 7 heteroatoms. The molecule has 1 unspecified atom stereocenters. The van der Waals surface area contributed by atoms with Crippen molar-refractivity contribution in [3.63, 3.8) is 0 Å². The van der Waals surface area contributed by atoms with Crippen molar-refractivity contribution in [1.29, 1.82) is 0 Å². The summed E-state index contributed by atoms with van der Waals surface area (Å²) in [5.74, 6) is -3.87. The number of hydrogen-bond donors (Lipinski definition) is 2. The molecule has 2 aromatic heterocycles. The summed E-state index contributed by atoms with van der Waals surface area (Å²) in [5, 5.41) is 3.29. The summed E-state index contributed by atoms with van der Waals surface area (Å²) >= 11 is 0. The number of aromatic nitrogens is 2. The molecule has 1 aliphatic rings. The number of rotatable bonds is 4. The minimum Gasteiger partial charge on any atom is -0.496 e. The number of carbonyl (C=O) groups is 1. The fourth-order valence-electron chi connectivity index (χ4n) is 2.88. The molecule has 1 aliphatic carbocycles. The maximum atomic E-state index is 13.0. The average Bonchev–Trinajstić information content (AvgIpc) is 3.06. The number of carbonyl (C=O) groups excluding carboxylic acids is 1. The normalized spacial score (nSPS) is 18.1. The number of halogens is 2. The number of amides is 1. The molecular weight excluding hydrogens is 328 g/mol. The lowest BCUT2D eigenvalue weighted by Gasteiger charge is -2.07. The fourth-order valence-corrected chi connectivity index (χ4v) is 2.88. The first-order valence-corrected chi connectivity index (χ1v) is 7.80. The minimum atomic E-state index is -2.89. The number of pyridine rings is 1. The Bertz CT molecular complexity index is 968. The van der Waals surface area contributed by atoms with Gasteiger partial charge in [0.1, 0.15) is 23.1 Å². The van der Waals surface area contributed by atoms with Crippen LogP contribution in [0, 0.1) is 5.92 Å². The van der Waals surface area contributed by atoms with Crippen LogP contribution in [0.5, 0.6) is 5.75 Å². The second-order valence-electron chi connectivity index (χ2n) is 6.00. The lowest BCUT2D eigenvalue weighted by molar-refractivity contribution is -0.119. The number of aromatic amines is 1. The molecule has 0 aliphatic heterocycles.